The molecule has 0 aromatic heterocycles. The summed E-state index contributed by atoms with van der Waals surface area (Å²) in [6.45, 7) is 5.50. The second-order valence-electron chi connectivity index (χ2n) is 8.32. The largest absolute Gasteiger partial charge is 0.444 e. The summed E-state index contributed by atoms with van der Waals surface area (Å²) in [5.74, 6) is -0.173. The number of nitriles is 1. The first-order valence-electron chi connectivity index (χ1n) is 9.71. The highest BCUT2D eigenvalue weighted by Gasteiger charge is 2.26. The molecule has 1 aliphatic carbocycles. The third-order valence-electron chi connectivity index (χ3n) is 4.67. The first-order valence-corrected chi connectivity index (χ1v) is 9.71. The number of rotatable bonds is 5. The number of amides is 2. The number of hydrogen-bond acceptors (Lipinski definition) is 5. The number of nitrogens with zero attached hydrogens (tertiary/aromatic N) is 1. The van der Waals surface area contributed by atoms with E-state index in [1.165, 1.54) is 0 Å². The lowest BCUT2D eigenvalue weighted by Gasteiger charge is -2.31. The molecule has 1 saturated carbocycles. The number of nitrogens with one attached hydrogen (secondary N) is 2. The van der Waals surface area contributed by atoms with E-state index in [4.69, 9.17) is 15.7 Å². The van der Waals surface area contributed by atoms with Crippen LogP contribution in [0, 0.1) is 11.3 Å². The van der Waals surface area contributed by atoms with Crippen LogP contribution >= 0.6 is 0 Å². The molecular formula is C21H30N4O3. The summed E-state index contributed by atoms with van der Waals surface area (Å²) >= 11 is 0. The highest BCUT2D eigenvalue weighted by atomic mass is 16.6. The zero-order valence-corrected chi connectivity index (χ0v) is 16.8. The van der Waals surface area contributed by atoms with E-state index in [0.29, 0.717) is 12.0 Å². The van der Waals surface area contributed by atoms with Gasteiger partial charge in [-0.3, -0.25) is 4.79 Å². The normalized spacial score (nSPS) is 20.5. The van der Waals surface area contributed by atoms with Gasteiger partial charge in [0.1, 0.15) is 5.60 Å². The molecule has 1 atom stereocenters. The topological polar surface area (TPSA) is 117 Å². The second-order valence-corrected chi connectivity index (χ2v) is 8.32. The summed E-state index contributed by atoms with van der Waals surface area (Å²) in [6.07, 6.45) is 3.17. The Kier molecular flexibility index (Phi) is 7.41. The molecule has 1 aromatic carbocycles. The van der Waals surface area contributed by atoms with Crippen LogP contribution in [0.25, 0.3) is 0 Å². The van der Waals surface area contributed by atoms with Gasteiger partial charge in [-0.05, 0) is 70.6 Å². The molecular weight excluding hydrogens is 356 g/mol. The first-order chi connectivity index (χ1) is 13.2. The van der Waals surface area contributed by atoms with Crippen LogP contribution in [-0.4, -0.2) is 35.7 Å². The molecule has 0 unspecified atom stereocenters. The van der Waals surface area contributed by atoms with E-state index in [1.54, 1.807) is 12.1 Å². The molecule has 0 spiro atoms. The highest BCUT2D eigenvalue weighted by Crippen LogP contribution is 2.19. The highest BCUT2D eigenvalue weighted by molar-refractivity contribution is 5.82. The van der Waals surface area contributed by atoms with Gasteiger partial charge >= 0.3 is 6.09 Å². The smallest absolute Gasteiger partial charge is 0.407 e. The van der Waals surface area contributed by atoms with Crippen molar-refractivity contribution in [1.29, 1.82) is 5.26 Å². The summed E-state index contributed by atoms with van der Waals surface area (Å²) in [7, 11) is 0. The molecule has 0 saturated heterocycles. The molecule has 152 valence electrons. The van der Waals surface area contributed by atoms with Gasteiger partial charge in [0.05, 0.1) is 17.7 Å². The molecule has 0 bridgehead atoms. The van der Waals surface area contributed by atoms with E-state index >= 15 is 0 Å². The van der Waals surface area contributed by atoms with Crippen molar-refractivity contribution >= 4 is 12.0 Å². The average molecular weight is 386 g/mol. The Morgan fingerprint density at radius 1 is 1.14 bits per heavy atom. The van der Waals surface area contributed by atoms with E-state index in [9.17, 15) is 9.59 Å². The Labute approximate surface area is 166 Å². The molecule has 4 N–H and O–H groups in total. The molecule has 7 heteroatoms. The number of benzene rings is 1. The van der Waals surface area contributed by atoms with Gasteiger partial charge in [0.2, 0.25) is 5.91 Å². The molecule has 0 aliphatic heterocycles. The predicted molar refractivity (Wildman–Crippen MR) is 106 cm³/mol. The zero-order chi connectivity index (χ0) is 20.7. The Morgan fingerprint density at radius 3 is 2.18 bits per heavy atom. The molecule has 1 fully saturated rings. The van der Waals surface area contributed by atoms with Crippen LogP contribution in [-0.2, 0) is 16.0 Å². The summed E-state index contributed by atoms with van der Waals surface area (Å²) < 4.78 is 5.28. The van der Waals surface area contributed by atoms with Gasteiger partial charge in [-0.15, -0.1) is 0 Å². The Morgan fingerprint density at radius 2 is 1.68 bits per heavy atom. The molecule has 28 heavy (non-hydrogen) atoms. The van der Waals surface area contributed by atoms with Crippen LogP contribution in [0.3, 0.4) is 0 Å². The van der Waals surface area contributed by atoms with Crippen LogP contribution in [0.5, 0.6) is 0 Å². The summed E-state index contributed by atoms with van der Waals surface area (Å²) in [6, 6.07) is 8.64. The summed E-state index contributed by atoms with van der Waals surface area (Å²) in [4.78, 5) is 24.2. The maximum Gasteiger partial charge on any atom is 0.407 e. The van der Waals surface area contributed by atoms with Crippen molar-refractivity contribution in [3.63, 3.8) is 0 Å². The number of ether oxygens (including phenoxy) is 1. The Balaban J connectivity index is 1.73. The molecule has 2 rings (SSSR count). The van der Waals surface area contributed by atoms with Crippen molar-refractivity contribution in [2.24, 2.45) is 5.73 Å². The number of hydrogen-bond donors (Lipinski definition) is 3. The minimum Gasteiger partial charge on any atom is -0.444 e. The molecule has 0 heterocycles. The van der Waals surface area contributed by atoms with Crippen molar-refractivity contribution < 1.29 is 14.3 Å². The lowest BCUT2D eigenvalue weighted by atomic mass is 9.91. The van der Waals surface area contributed by atoms with Crippen molar-refractivity contribution in [2.75, 3.05) is 0 Å². The predicted octanol–water partition coefficient (Wildman–Crippen LogP) is 2.38. The van der Waals surface area contributed by atoms with E-state index in [0.717, 1.165) is 31.2 Å². The van der Waals surface area contributed by atoms with Crippen LogP contribution in [0.4, 0.5) is 4.79 Å². The fourth-order valence-electron chi connectivity index (χ4n) is 3.23. The van der Waals surface area contributed by atoms with Gasteiger partial charge < -0.3 is 21.1 Å². The Hall–Kier alpha value is -2.59. The number of nitrogens with two attached hydrogens (primary N) is 1. The minimum atomic E-state index is -0.634. The van der Waals surface area contributed by atoms with Gasteiger partial charge in [0, 0.05) is 12.1 Å². The van der Waals surface area contributed by atoms with Crippen molar-refractivity contribution in [2.45, 2.75) is 76.6 Å². The number of carbonyl (C=O) groups excluding carboxylic acids is 2. The van der Waals surface area contributed by atoms with E-state index in [2.05, 4.69) is 16.7 Å². The van der Waals surface area contributed by atoms with Gasteiger partial charge in [-0.2, -0.15) is 5.26 Å². The fraction of sp³-hybridized carbons (Fsp3) is 0.571. The standard InChI is InChI=1S/C21H30N4O3/c1-21(2,3)28-20(27)25-17-10-8-16(9-11-17)24-19(26)18(23)12-14-4-6-15(13-22)7-5-14/h4-7,16-18H,8-12,23H2,1-3H3,(H,24,26)(H,25,27)/t16-,17-,18-/m1/s1. The van der Waals surface area contributed by atoms with Gasteiger partial charge in [0.15, 0.2) is 0 Å². The van der Waals surface area contributed by atoms with E-state index < -0.39 is 17.7 Å². The van der Waals surface area contributed by atoms with Crippen molar-refractivity contribution in [3.05, 3.63) is 35.4 Å². The molecule has 0 radical (unpaired) electrons. The Bertz CT molecular complexity index is 711. The first kappa shape index (κ1) is 21.7. The maximum absolute atomic E-state index is 12.4. The average Bonchev–Trinajstić information content (AvgIpc) is 2.62. The van der Waals surface area contributed by atoms with Gasteiger partial charge in [-0.25, -0.2) is 4.79 Å². The van der Waals surface area contributed by atoms with Crippen LogP contribution in [0.1, 0.15) is 57.6 Å². The molecule has 1 aromatic rings. The van der Waals surface area contributed by atoms with E-state index in [-0.39, 0.29) is 18.0 Å². The van der Waals surface area contributed by atoms with Crippen LogP contribution in [0.2, 0.25) is 0 Å². The van der Waals surface area contributed by atoms with Gasteiger partial charge in [-0.1, -0.05) is 12.1 Å². The molecule has 1 aliphatic rings. The van der Waals surface area contributed by atoms with Crippen molar-refractivity contribution in [1.82, 2.24) is 10.6 Å². The number of carbonyl (C=O) groups is 2. The van der Waals surface area contributed by atoms with Crippen molar-refractivity contribution in [3.8, 4) is 6.07 Å². The lowest BCUT2D eigenvalue weighted by Crippen LogP contribution is -2.49. The SMILES string of the molecule is CC(C)(C)OC(=O)N[C@H]1CC[C@H](NC(=O)[C@H](N)Cc2ccc(C#N)cc2)CC1. The van der Waals surface area contributed by atoms with E-state index in [1.807, 2.05) is 32.9 Å². The quantitative estimate of drug-likeness (QED) is 0.718. The maximum atomic E-state index is 12.4. The van der Waals surface area contributed by atoms with Crippen LogP contribution < -0.4 is 16.4 Å². The zero-order valence-electron chi connectivity index (χ0n) is 16.8. The third-order valence-corrected chi connectivity index (χ3v) is 4.67. The molecule has 2 amide bonds. The summed E-state index contributed by atoms with van der Waals surface area (Å²) in [5, 5.41) is 14.7. The molecule has 7 nitrogen and oxygen atoms in total. The second kappa shape index (κ2) is 9.56. The minimum absolute atomic E-state index is 0.0651. The third kappa shape index (κ3) is 7.20. The number of alkyl carbamates (subject to hydrolysis) is 1. The fourth-order valence-corrected chi connectivity index (χ4v) is 3.23. The van der Waals surface area contributed by atoms with Crippen LogP contribution in [0.15, 0.2) is 24.3 Å². The monoisotopic (exact) mass is 386 g/mol. The van der Waals surface area contributed by atoms with Gasteiger partial charge in [0.25, 0.3) is 0 Å². The summed E-state index contributed by atoms with van der Waals surface area (Å²) in [5.41, 5.74) is 7.03. The lowest BCUT2D eigenvalue weighted by molar-refractivity contribution is -0.123.